The molecule has 0 amide bonds. The Balaban J connectivity index is 1.94. The van der Waals surface area contributed by atoms with E-state index in [1.807, 2.05) is 42.9 Å². The Morgan fingerprint density at radius 1 is 1.11 bits per heavy atom. The molecule has 3 rings (SSSR count). The van der Waals surface area contributed by atoms with E-state index in [0.717, 1.165) is 40.5 Å². The van der Waals surface area contributed by atoms with Crippen LogP contribution in [0.15, 0.2) is 59.9 Å². The molecule has 0 saturated carbocycles. The summed E-state index contributed by atoms with van der Waals surface area (Å²) in [5.41, 5.74) is 2.35. The Hall–Kier alpha value is -2.45. The molecule has 1 aromatic heterocycles. The number of nitrogens with one attached hydrogen (secondary N) is 2. The number of halogens is 3. The number of rotatable bonds is 6. The third-order valence-corrected chi connectivity index (χ3v) is 4.67. The van der Waals surface area contributed by atoms with Crippen molar-refractivity contribution in [2.75, 3.05) is 12.4 Å². The van der Waals surface area contributed by atoms with Gasteiger partial charge in [-0.2, -0.15) is 13.2 Å². The van der Waals surface area contributed by atoms with Crippen molar-refractivity contribution >= 4 is 23.3 Å². The number of benzene rings is 2. The van der Waals surface area contributed by atoms with Crippen LogP contribution in [0.1, 0.15) is 12.5 Å². The third kappa shape index (κ3) is 4.64. The van der Waals surface area contributed by atoms with Gasteiger partial charge in [-0.05, 0) is 68.4 Å². The molecule has 0 bridgehead atoms. The number of aromatic nitrogens is 2. The van der Waals surface area contributed by atoms with E-state index < -0.39 is 11.7 Å². The highest BCUT2D eigenvalue weighted by molar-refractivity contribution is 7.97. The average Bonchev–Trinajstić information content (AvgIpc) is 3.12. The van der Waals surface area contributed by atoms with Gasteiger partial charge in [-0.1, -0.05) is 0 Å². The lowest BCUT2D eigenvalue weighted by Gasteiger charge is -2.13. The first kappa shape index (κ1) is 19.3. The number of hydrogen-bond acceptors (Lipinski definition) is 4. The summed E-state index contributed by atoms with van der Waals surface area (Å²) in [7, 11) is 1.84. The largest absolute Gasteiger partial charge is 0.416 e. The number of alkyl halides is 3. The van der Waals surface area contributed by atoms with E-state index in [9.17, 15) is 13.2 Å². The smallest absolute Gasteiger partial charge is 0.355 e. The minimum Gasteiger partial charge on any atom is -0.355 e. The molecule has 0 aliphatic carbocycles. The van der Waals surface area contributed by atoms with Crippen LogP contribution in [0.25, 0.3) is 11.3 Å². The Kier molecular flexibility index (Phi) is 5.76. The zero-order valence-corrected chi connectivity index (χ0v) is 15.7. The predicted molar refractivity (Wildman–Crippen MR) is 103 cm³/mol. The fourth-order valence-electron chi connectivity index (χ4n) is 2.60. The highest BCUT2D eigenvalue weighted by atomic mass is 32.2. The molecule has 3 aromatic rings. The van der Waals surface area contributed by atoms with Crippen molar-refractivity contribution in [2.45, 2.75) is 24.5 Å². The van der Waals surface area contributed by atoms with Gasteiger partial charge in [0.15, 0.2) is 0 Å². The first-order valence-electron chi connectivity index (χ1n) is 8.34. The van der Waals surface area contributed by atoms with Crippen molar-refractivity contribution < 1.29 is 13.2 Å². The molecule has 0 aliphatic heterocycles. The van der Waals surface area contributed by atoms with Crippen molar-refractivity contribution in [3.8, 4) is 11.3 Å². The summed E-state index contributed by atoms with van der Waals surface area (Å²) in [5.74, 6) is 0. The van der Waals surface area contributed by atoms with Gasteiger partial charge < -0.3 is 9.88 Å². The lowest BCUT2D eigenvalue weighted by atomic mass is 10.1. The van der Waals surface area contributed by atoms with E-state index in [-0.39, 0.29) is 0 Å². The summed E-state index contributed by atoms with van der Waals surface area (Å²) in [6, 6.07) is 10.8. The van der Waals surface area contributed by atoms with Crippen molar-refractivity contribution in [3.05, 3.63) is 60.6 Å². The number of nitrogens with zero attached hydrogens (tertiary/aromatic N) is 2. The van der Waals surface area contributed by atoms with E-state index in [1.165, 1.54) is 24.1 Å². The fraction of sp³-hybridized carbons (Fsp3) is 0.211. The van der Waals surface area contributed by atoms with Crippen LogP contribution < -0.4 is 10.0 Å². The summed E-state index contributed by atoms with van der Waals surface area (Å²) in [5, 5.41) is 3.20. The summed E-state index contributed by atoms with van der Waals surface area (Å²) >= 11 is 1.48. The van der Waals surface area contributed by atoms with Gasteiger partial charge in [-0.3, -0.25) is 4.72 Å². The topological polar surface area (TPSA) is 41.9 Å². The molecule has 142 valence electrons. The van der Waals surface area contributed by atoms with Crippen LogP contribution in [0.4, 0.5) is 24.5 Å². The number of hydrogen-bond donors (Lipinski definition) is 2. The second-order valence-electron chi connectivity index (χ2n) is 5.80. The normalized spacial score (nSPS) is 11.6. The predicted octanol–water partition coefficient (Wildman–Crippen LogP) is 5.56. The molecule has 8 heteroatoms. The van der Waals surface area contributed by atoms with E-state index >= 15 is 0 Å². The van der Waals surface area contributed by atoms with Gasteiger partial charge in [0, 0.05) is 34.6 Å². The van der Waals surface area contributed by atoms with Crippen LogP contribution >= 0.6 is 11.9 Å². The van der Waals surface area contributed by atoms with Crippen LogP contribution in [0, 0.1) is 0 Å². The summed E-state index contributed by atoms with van der Waals surface area (Å²) in [6.45, 7) is 2.83. The van der Waals surface area contributed by atoms with E-state index in [0.29, 0.717) is 5.69 Å². The average molecular weight is 392 g/mol. The van der Waals surface area contributed by atoms with Gasteiger partial charge in [0.05, 0.1) is 17.6 Å². The maximum atomic E-state index is 12.7. The maximum Gasteiger partial charge on any atom is 0.416 e. The monoisotopic (exact) mass is 392 g/mol. The minimum absolute atomic E-state index is 0.577. The van der Waals surface area contributed by atoms with Gasteiger partial charge in [0.1, 0.15) is 0 Å². The van der Waals surface area contributed by atoms with Gasteiger partial charge in [-0.25, -0.2) is 4.98 Å². The molecule has 0 saturated heterocycles. The molecule has 1 heterocycles. The third-order valence-electron chi connectivity index (χ3n) is 3.98. The van der Waals surface area contributed by atoms with Crippen LogP contribution in [-0.4, -0.2) is 16.6 Å². The zero-order chi connectivity index (χ0) is 19.4. The Bertz CT molecular complexity index is 904. The fourth-order valence-corrected chi connectivity index (χ4v) is 3.14. The van der Waals surface area contributed by atoms with Gasteiger partial charge in [0.2, 0.25) is 0 Å². The molecular weight excluding hydrogens is 373 g/mol. The SMILES string of the molecule is CCn1cnc(-c2cc(SNC)ccc2Nc2ccc(C(F)(F)F)cc2)c1. The van der Waals surface area contributed by atoms with Gasteiger partial charge in [-0.15, -0.1) is 0 Å². The first-order chi connectivity index (χ1) is 12.9. The van der Waals surface area contributed by atoms with Crippen LogP contribution in [0.3, 0.4) is 0 Å². The molecule has 0 unspecified atom stereocenters. The van der Waals surface area contributed by atoms with E-state index in [2.05, 4.69) is 15.0 Å². The molecule has 2 N–H and O–H groups in total. The minimum atomic E-state index is -4.34. The molecule has 27 heavy (non-hydrogen) atoms. The Labute approximate surface area is 159 Å². The summed E-state index contributed by atoms with van der Waals surface area (Å²) < 4.78 is 43.2. The lowest BCUT2D eigenvalue weighted by Crippen LogP contribution is -2.04. The van der Waals surface area contributed by atoms with Gasteiger partial charge in [0.25, 0.3) is 0 Å². The molecule has 0 atom stereocenters. The number of anilines is 2. The highest BCUT2D eigenvalue weighted by Crippen LogP contribution is 2.34. The molecular formula is C19H19F3N4S. The Morgan fingerprint density at radius 3 is 2.44 bits per heavy atom. The standard InChI is InChI=1S/C19H19F3N4S/c1-3-26-11-18(24-12-26)16-10-15(27-23-2)8-9-17(16)25-14-6-4-13(5-7-14)19(20,21)22/h4-12,23,25H,3H2,1-2H3. The van der Waals surface area contributed by atoms with Crippen molar-refractivity contribution in [1.29, 1.82) is 0 Å². The molecule has 0 spiro atoms. The number of aryl methyl sites for hydroxylation is 1. The Morgan fingerprint density at radius 2 is 1.85 bits per heavy atom. The van der Waals surface area contributed by atoms with Crippen LogP contribution in [-0.2, 0) is 12.7 Å². The second-order valence-corrected chi connectivity index (χ2v) is 6.89. The molecule has 2 aromatic carbocycles. The molecule has 0 aliphatic rings. The first-order valence-corrected chi connectivity index (χ1v) is 9.16. The summed E-state index contributed by atoms with van der Waals surface area (Å²) in [6.07, 6.45) is -0.640. The van der Waals surface area contributed by atoms with Crippen molar-refractivity contribution in [3.63, 3.8) is 0 Å². The zero-order valence-electron chi connectivity index (χ0n) is 14.8. The number of imidazole rings is 1. The second kappa shape index (κ2) is 8.06. The molecule has 4 nitrogen and oxygen atoms in total. The van der Waals surface area contributed by atoms with Crippen LogP contribution in [0.5, 0.6) is 0 Å². The quantitative estimate of drug-likeness (QED) is 0.539. The molecule has 0 radical (unpaired) electrons. The maximum absolute atomic E-state index is 12.7. The van der Waals surface area contributed by atoms with Gasteiger partial charge >= 0.3 is 6.18 Å². The highest BCUT2D eigenvalue weighted by Gasteiger charge is 2.29. The van der Waals surface area contributed by atoms with E-state index in [1.54, 1.807) is 6.33 Å². The van der Waals surface area contributed by atoms with Crippen molar-refractivity contribution in [1.82, 2.24) is 14.3 Å². The molecule has 0 fully saturated rings. The van der Waals surface area contributed by atoms with Crippen molar-refractivity contribution in [2.24, 2.45) is 0 Å². The summed E-state index contributed by atoms with van der Waals surface area (Å²) in [4.78, 5) is 5.46. The lowest BCUT2D eigenvalue weighted by molar-refractivity contribution is -0.137. The van der Waals surface area contributed by atoms with Crippen LogP contribution in [0.2, 0.25) is 0 Å². The van der Waals surface area contributed by atoms with E-state index in [4.69, 9.17) is 0 Å².